The number of carbonyl (C=O) groups is 1. The summed E-state index contributed by atoms with van der Waals surface area (Å²) in [5.41, 5.74) is 1.11. The maximum Gasteiger partial charge on any atom is 0.241 e. The second-order valence-electron chi connectivity index (χ2n) is 5.82. The van der Waals surface area contributed by atoms with Crippen LogP contribution in [0.25, 0.3) is 0 Å². The lowest BCUT2D eigenvalue weighted by atomic mass is 10.2. The molecule has 0 unspecified atom stereocenters. The molecule has 1 fully saturated rings. The molecule has 1 aliphatic rings. The number of likely N-dealkylation sites (N-methyl/N-ethyl adjacent to an activating group) is 1. The Labute approximate surface area is 161 Å². The number of guanidine groups is 1. The van der Waals surface area contributed by atoms with Crippen molar-refractivity contribution in [3.63, 3.8) is 0 Å². The van der Waals surface area contributed by atoms with E-state index in [4.69, 9.17) is 4.74 Å². The van der Waals surface area contributed by atoms with Gasteiger partial charge >= 0.3 is 0 Å². The number of rotatable bonds is 5. The molecule has 0 atom stereocenters. The number of aliphatic imine (C=N–C) groups is 1. The van der Waals surface area contributed by atoms with Crippen LogP contribution >= 0.6 is 24.0 Å². The Hall–Kier alpha value is -1.51. The highest BCUT2D eigenvalue weighted by molar-refractivity contribution is 14.0. The van der Waals surface area contributed by atoms with Gasteiger partial charge in [-0.2, -0.15) is 0 Å². The molecule has 1 heterocycles. The average Bonchev–Trinajstić information content (AvgIpc) is 3.09. The van der Waals surface area contributed by atoms with Crippen LogP contribution in [0.5, 0.6) is 5.75 Å². The van der Waals surface area contributed by atoms with Crippen LogP contribution in [0, 0.1) is 0 Å². The van der Waals surface area contributed by atoms with Crippen molar-refractivity contribution in [3.05, 3.63) is 29.8 Å². The number of carbonyl (C=O) groups excluding carboxylic acids is 1. The Kier molecular flexibility index (Phi) is 8.88. The van der Waals surface area contributed by atoms with Gasteiger partial charge in [0.1, 0.15) is 5.75 Å². The Morgan fingerprint density at radius 1 is 1.25 bits per heavy atom. The zero-order chi connectivity index (χ0) is 16.7. The Morgan fingerprint density at radius 2 is 1.88 bits per heavy atom. The van der Waals surface area contributed by atoms with Gasteiger partial charge in [-0.25, -0.2) is 4.99 Å². The van der Waals surface area contributed by atoms with Crippen LogP contribution in [-0.4, -0.2) is 62.5 Å². The summed E-state index contributed by atoms with van der Waals surface area (Å²) in [6.45, 7) is 2.83. The number of likely N-dealkylation sites (tertiary alicyclic amines) is 1. The molecule has 1 N–H and O–H groups in total. The van der Waals surface area contributed by atoms with E-state index in [0.29, 0.717) is 6.54 Å². The number of nitrogens with zero attached hydrogens (tertiary/aromatic N) is 3. The Bertz CT molecular complexity index is 540. The third-order valence-corrected chi connectivity index (χ3v) is 3.87. The van der Waals surface area contributed by atoms with Gasteiger partial charge in [-0.1, -0.05) is 12.1 Å². The van der Waals surface area contributed by atoms with Crippen molar-refractivity contribution in [2.75, 3.05) is 40.8 Å². The van der Waals surface area contributed by atoms with Gasteiger partial charge in [0, 0.05) is 27.2 Å². The van der Waals surface area contributed by atoms with Gasteiger partial charge in [-0.3, -0.25) is 4.79 Å². The molecule has 134 valence electrons. The van der Waals surface area contributed by atoms with E-state index >= 15 is 0 Å². The van der Waals surface area contributed by atoms with Crippen molar-refractivity contribution in [1.29, 1.82) is 0 Å². The first-order chi connectivity index (χ1) is 11.1. The summed E-state index contributed by atoms with van der Waals surface area (Å²) < 4.78 is 5.16. The predicted molar refractivity (Wildman–Crippen MR) is 107 cm³/mol. The summed E-state index contributed by atoms with van der Waals surface area (Å²) in [5, 5.41) is 3.20. The number of hydrogen-bond donors (Lipinski definition) is 1. The topological polar surface area (TPSA) is 57.2 Å². The molecule has 2 rings (SSSR count). The molecule has 1 aliphatic heterocycles. The van der Waals surface area contributed by atoms with Gasteiger partial charge < -0.3 is 19.9 Å². The van der Waals surface area contributed by atoms with Crippen molar-refractivity contribution in [3.8, 4) is 5.75 Å². The second kappa shape index (κ2) is 10.4. The van der Waals surface area contributed by atoms with E-state index in [-0.39, 0.29) is 36.4 Å². The number of benzene rings is 1. The van der Waals surface area contributed by atoms with Crippen molar-refractivity contribution in [2.45, 2.75) is 19.4 Å². The summed E-state index contributed by atoms with van der Waals surface area (Å²) in [5.74, 6) is 1.70. The van der Waals surface area contributed by atoms with Crippen LogP contribution in [-0.2, 0) is 11.3 Å². The fraction of sp³-hybridized carbons (Fsp3) is 0.529. The van der Waals surface area contributed by atoms with E-state index in [1.54, 1.807) is 26.1 Å². The molecule has 6 nitrogen and oxygen atoms in total. The van der Waals surface area contributed by atoms with E-state index < -0.39 is 0 Å². The van der Waals surface area contributed by atoms with Gasteiger partial charge in [0.05, 0.1) is 20.2 Å². The van der Waals surface area contributed by atoms with Crippen molar-refractivity contribution in [2.24, 2.45) is 4.99 Å². The summed E-state index contributed by atoms with van der Waals surface area (Å²) in [6, 6.07) is 7.89. The van der Waals surface area contributed by atoms with Crippen molar-refractivity contribution in [1.82, 2.24) is 15.1 Å². The quantitative estimate of drug-likeness (QED) is 0.427. The van der Waals surface area contributed by atoms with E-state index in [1.807, 2.05) is 24.3 Å². The molecular weight excluding hydrogens is 419 g/mol. The van der Waals surface area contributed by atoms with Gasteiger partial charge in [-0.15, -0.1) is 24.0 Å². The number of nitrogens with one attached hydrogen (secondary N) is 1. The monoisotopic (exact) mass is 446 g/mol. The molecule has 1 amide bonds. The third kappa shape index (κ3) is 6.18. The first kappa shape index (κ1) is 20.5. The van der Waals surface area contributed by atoms with Gasteiger partial charge in [0.15, 0.2) is 5.96 Å². The normalized spacial score (nSPS) is 14.1. The minimum atomic E-state index is 0. The third-order valence-electron chi connectivity index (χ3n) is 3.87. The lowest BCUT2D eigenvalue weighted by molar-refractivity contribution is -0.127. The van der Waals surface area contributed by atoms with Crippen molar-refractivity contribution < 1.29 is 9.53 Å². The van der Waals surface area contributed by atoms with Crippen molar-refractivity contribution >= 4 is 35.8 Å². The minimum absolute atomic E-state index is 0. The van der Waals surface area contributed by atoms with E-state index in [0.717, 1.165) is 30.4 Å². The predicted octanol–water partition coefficient (Wildman–Crippen LogP) is 1.94. The highest BCUT2D eigenvalue weighted by Gasteiger charge is 2.17. The van der Waals surface area contributed by atoms with E-state index in [9.17, 15) is 4.79 Å². The molecule has 7 heteroatoms. The van der Waals surface area contributed by atoms with Crippen LogP contribution in [0.1, 0.15) is 18.4 Å². The van der Waals surface area contributed by atoms with E-state index in [1.165, 1.54) is 12.8 Å². The first-order valence-corrected chi connectivity index (χ1v) is 7.96. The number of halogens is 1. The molecule has 0 aliphatic carbocycles. The maximum atomic E-state index is 11.8. The van der Waals surface area contributed by atoms with Crippen LogP contribution < -0.4 is 10.1 Å². The lowest BCUT2D eigenvalue weighted by Gasteiger charge is -2.22. The molecule has 0 radical (unpaired) electrons. The number of methoxy groups -OCH3 is 1. The second-order valence-corrected chi connectivity index (χ2v) is 5.82. The molecule has 0 bridgehead atoms. The highest BCUT2D eigenvalue weighted by Crippen LogP contribution is 2.13. The number of ether oxygens (including phenoxy) is 1. The number of hydrogen-bond acceptors (Lipinski definition) is 3. The summed E-state index contributed by atoms with van der Waals surface area (Å²) in [7, 11) is 5.17. The van der Waals surface area contributed by atoms with Crippen LogP contribution in [0.15, 0.2) is 29.3 Å². The fourth-order valence-electron chi connectivity index (χ4n) is 2.41. The molecule has 0 aromatic heterocycles. The molecule has 1 saturated heterocycles. The first-order valence-electron chi connectivity index (χ1n) is 7.96. The summed E-state index contributed by atoms with van der Waals surface area (Å²) in [4.78, 5) is 20.3. The fourth-order valence-corrected chi connectivity index (χ4v) is 2.41. The van der Waals surface area contributed by atoms with Crippen LogP contribution in [0.2, 0.25) is 0 Å². The smallest absolute Gasteiger partial charge is 0.241 e. The van der Waals surface area contributed by atoms with Crippen LogP contribution in [0.3, 0.4) is 0 Å². The Morgan fingerprint density at radius 3 is 2.42 bits per heavy atom. The number of amides is 1. The highest BCUT2D eigenvalue weighted by atomic mass is 127. The lowest BCUT2D eigenvalue weighted by Crippen LogP contribution is -2.44. The molecule has 0 spiro atoms. The van der Waals surface area contributed by atoms with Gasteiger partial charge in [-0.05, 0) is 30.5 Å². The molecule has 24 heavy (non-hydrogen) atoms. The molecular formula is C17H27IN4O2. The summed E-state index contributed by atoms with van der Waals surface area (Å²) >= 11 is 0. The maximum absolute atomic E-state index is 11.8. The molecule has 1 aromatic carbocycles. The molecule has 0 saturated carbocycles. The van der Waals surface area contributed by atoms with Gasteiger partial charge in [0.2, 0.25) is 5.91 Å². The summed E-state index contributed by atoms with van der Waals surface area (Å²) in [6.07, 6.45) is 2.34. The van der Waals surface area contributed by atoms with E-state index in [2.05, 4.69) is 15.2 Å². The van der Waals surface area contributed by atoms with Gasteiger partial charge in [0.25, 0.3) is 0 Å². The Balaban J connectivity index is 0.00000288. The minimum Gasteiger partial charge on any atom is -0.497 e. The SMILES string of the molecule is COc1ccc(CN=C(NCC(=O)N(C)C)N2CCCC2)cc1.I. The standard InChI is InChI=1S/C17H26N4O2.HI/c1-20(2)16(22)13-19-17(21-10-4-5-11-21)18-12-14-6-8-15(23-3)9-7-14;/h6-9H,4-5,10-13H2,1-3H3,(H,18,19);1H. The van der Waals surface area contributed by atoms with Crippen LogP contribution in [0.4, 0.5) is 0 Å². The average molecular weight is 446 g/mol. The largest absolute Gasteiger partial charge is 0.497 e. The zero-order valence-corrected chi connectivity index (χ0v) is 16.9. The molecule has 1 aromatic rings. The zero-order valence-electron chi connectivity index (χ0n) is 14.6.